The lowest BCUT2D eigenvalue weighted by Gasteiger charge is -2.38. The van der Waals surface area contributed by atoms with Gasteiger partial charge in [0, 0.05) is 11.5 Å². The van der Waals surface area contributed by atoms with Crippen LogP contribution in [0.15, 0.2) is 18.2 Å². The van der Waals surface area contributed by atoms with E-state index in [4.69, 9.17) is 9.47 Å². The second-order valence-electron chi connectivity index (χ2n) is 7.24. The number of halogens is 2. The Labute approximate surface area is 130 Å². The van der Waals surface area contributed by atoms with E-state index >= 15 is 0 Å². The quantitative estimate of drug-likeness (QED) is 0.817. The van der Waals surface area contributed by atoms with Crippen LogP contribution in [0, 0.1) is 23.5 Å². The summed E-state index contributed by atoms with van der Waals surface area (Å²) >= 11 is 0. The van der Waals surface area contributed by atoms with Crippen LogP contribution in [0.25, 0.3) is 0 Å². The molecule has 0 N–H and O–H groups in total. The van der Waals surface area contributed by atoms with E-state index in [1.165, 1.54) is 18.2 Å². The third kappa shape index (κ3) is 2.19. The minimum atomic E-state index is -0.555. The van der Waals surface area contributed by atoms with Crippen molar-refractivity contribution in [3.8, 4) is 0 Å². The molecule has 0 aromatic heterocycles. The van der Waals surface area contributed by atoms with Gasteiger partial charge in [0.15, 0.2) is 0 Å². The highest BCUT2D eigenvalue weighted by atomic mass is 19.1. The van der Waals surface area contributed by atoms with Crippen LogP contribution in [-0.2, 0) is 16.1 Å². The summed E-state index contributed by atoms with van der Waals surface area (Å²) in [6.07, 6.45) is 1.82. The Morgan fingerprint density at radius 2 is 1.91 bits per heavy atom. The first-order chi connectivity index (χ1) is 10.3. The van der Waals surface area contributed by atoms with E-state index < -0.39 is 11.6 Å². The number of rotatable bonds is 4. The number of fused-ring (bicyclic) bond motifs is 2. The van der Waals surface area contributed by atoms with Gasteiger partial charge in [0.1, 0.15) is 11.6 Å². The Balaban J connectivity index is 1.79. The first-order valence-electron chi connectivity index (χ1n) is 8.05. The highest BCUT2D eigenvalue weighted by Crippen LogP contribution is 2.58. The second-order valence-corrected chi connectivity index (χ2v) is 7.24. The summed E-state index contributed by atoms with van der Waals surface area (Å²) in [5.41, 5.74) is -0.529. The second kappa shape index (κ2) is 5.27. The van der Waals surface area contributed by atoms with Crippen LogP contribution < -0.4 is 0 Å². The monoisotopic (exact) mass is 310 g/mol. The molecule has 1 aromatic carbocycles. The summed E-state index contributed by atoms with van der Waals surface area (Å²) in [5.74, 6) is -0.509. The molecule has 4 atom stereocenters. The Hall–Kier alpha value is -1.00. The third-order valence-corrected chi connectivity index (χ3v) is 5.71. The minimum absolute atomic E-state index is 0.000305. The van der Waals surface area contributed by atoms with Gasteiger partial charge in [-0.2, -0.15) is 0 Å². The smallest absolute Gasteiger partial charge is 0.131 e. The summed E-state index contributed by atoms with van der Waals surface area (Å²) in [6.45, 7) is 8.47. The molecular formula is C18H24F2O2. The molecule has 0 amide bonds. The zero-order valence-electron chi connectivity index (χ0n) is 13.7. The SMILES string of the molecule is CC(C)[C@]12CC[C@](C)(O1)[C@H](OCc1c(F)cccc1F)[C@@H]2C. The highest BCUT2D eigenvalue weighted by molar-refractivity contribution is 5.19. The van der Waals surface area contributed by atoms with Crippen molar-refractivity contribution in [1.29, 1.82) is 0 Å². The average molecular weight is 310 g/mol. The molecule has 0 unspecified atom stereocenters. The maximum Gasteiger partial charge on any atom is 0.131 e. The van der Waals surface area contributed by atoms with Crippen molar-refractivity contribution in [3.63, 3.8) is 0 Å². The van der Waals surface area contributed by atoms with E-state index in [-0.39, 0.29) is 35.4 Å². The molecule has 2 fully saturated rings. The molecule has 3 rings (SSSR count). The van der Waals surface area contributed by atoms with Crippen molar-refractivity contribution in [2.24, 2.45) is 11.8 Å². The number of benzene rings is 1. The molecule has 0 radical (unpaired) electrons. The highest BCUT2D eigenvalue weighted by Gasteiger charge is 2.65. The standard InChI is InChI=1S/C18H24F2O2/c1-11(2)18-9-8-17(4,22-18)16(12(18)3)21-10-13-14(19)6-5-7-15(13)20/h5-7,11-12,16H,8-10H2,1-4H3/t12-,16+,17-,18-/m0/s1. The number of hydrogen-bond donors (Lipinski definition) is 0. The summed E-state index contributed by atoms with van der Waals surface area (Å²) in [7, 11) is 0. The van der Waals surface area contributed by atoms with Crippen molar-refractivity contribution in [2.75, 3.05) is 0 Å². The lowest BCUT2D eigenvalue weighted by Crippen LogP contribution is -2.46. The van der Waals surface area contributed by atoms with E-state index in [0.29, 0.717) is 5.92 Å². The van der Waals surface area contributed by atoms with Gasteiger partial charge in [-0.3, -0.25) is 0 Å². The topological polar surface area (TPSA) is 18.5 Å². The molecule has 0 spiro atoms. The van der Waals surface area contributed by atoms with Crippen LogP contribution in [0.5, 0.6) is 0 Å². The fourth-order valence-corrected chi connectivity index (χ4v) is 4.38. The molecule has 122 valence electrons. The van der Waals surface area contributed by atoms with Gasteiger partial charge in [0.25, 0.3) is 0 Å². The lowest BCUT2D eigenvalue weighted by atomic mass is 9.69. The molecule has 2 saturated heterocycles. The zero-order chi connectivity index (χ0) is 16.1. The van der Waals surface area contributed by atoms with Gasteiger partial charge in [-0.1, -0.05) is 26.8 Å². The van der Waals surface area contributed by atoms with Gasteiger partial charge in [-0.15, -0.1) is 0 Å². The van der Waals surface area contributed by atoms with Crippen LogP contribution in [0.3, 0.4) is 0 Å². The normalized spacial score (nSPS) is 37.2. The number of hydrogen-bond acceptors (Lipinski definition) is 2. The molecule has 22 heavy (non-hydrogen) atoms. The molecule has 0 aliphatic carbocycles. The molecule has 2 nitrogen and oxygen atoms in total. The molecule has 2 aliphatic heterocycles. The van der Waals surface area contributed by atoms with E-state index in [2.05, 4.69) is 27.7 Å². The maximum absolute atomic E-state index is 13.8. The van der Waals surface area contributed by atoms with Gasteiger partial charge in [0.05, 0.1) is 23.9 Å². The lowest BCUT2D eigenvalue weighted by molar-refractivity contribution is -0.0965. The van der Waals surface area contributed by atoms with Gasteiger partial charge < -0.3 is 9.47 Å². The summed E-state index contributed by atoms with van der Waals surface area (Å²) in [4.78, 5) is 0. The van der Waals surface area contributed by atoms with Crippen LogP contribution in [0.1, 0.15) is 46.1 Å². The van der Waals surface area contributed by atoms with Crippen molar-refractivity contribution < 1.29 is 18.3 Å². The maximum atomic E-state index is 13.8. The minimum Gasteiger partial charge on any atom is -0.370 e. The van der Waals surface area contributed by atoms with Crippen molar-refractivity contribution in [2.45, 2.75) is 64.4 Å². The predicted molar refractivity (Wildman–Crippen MR) is 80.4 cm³/mol. The van der Waals surface area contributed by atoms with Crippen LogP contribution in [0.2, 0.25) is 0 Å². The van der Waals surface area contributed by atoms with Crippen molar-refractivity contribution in [1.82, 2.24) is 0 Å². The van der Waals surface area contributed by atoms with Gasteiger partial charge in [-0.05, 0) is 37.8 Å². The van der Waals surface area contributed by atoms with Crippen molar-refractivity contribution in [3.05, 3.63) is 35.4 Å². The molecule has 2 aliphatic rings. The fraction of sp³-hybridized carbons (Fsp3) is 0.667. The predicted octanol–water partition coefficient (Wildman–Crippen LogP) is 4.46. The molecule has 2 bridgehead atoms. The summed E-state index contributed by atoms with van der Waals surface area (Å²) in [5, 5.41) is 0. The van der Waals surface area contributed by atoms with Crippen molar-refractivity contribution >= 4 is 0 Å². The molecular weight excluding hydrogens is 286 g/mol. The Morgan fingerprint density at radius 3 is 2.45 bits per heavy atom. The Bertz CT molecular complexity index is 554. The zero-order valence-corrected chi connectivity index (χ0v) is 13.7. The third-order valence-electron chi connectivity index (χ3n) is 5.71. The first-order valence-corrected chi connectivity index (χ1v) is 8.05. The molecule has 4 heteroatoms. The van der Waals surface area contributed by atoms with Crippen LogP contribution in [0.4, 0.5) is 8.78 Å². The number of ether oxygens (including phenoxy) is 2. The largest absolute Gasteiger partial charge is 0.370 e. The summed E-state index contributed by atoms with van der Waals surface area (Å²) in [6, 6.07) is 3.89. The van der Waals surface area contributed by atoms with Crippen LogP contribution >= 0.6 is 0 Å². The Kier molecular flexibility index (Phi) is 3.81. The molecule has 2 heterocycles. The Morgan fingerprint density at radius 1 is 1.27 bits per heavy atom. The molecule has 1 aromatic rings. The fourth-order valence-electron chi connectivity index (χ4n) is 4.38. The first kappa shape index (κ1) is 15.9. The average Bonchev–Trinajstić information content (AvgIpc) is 2.90. The van der Waals surface area contributed by atoms with Gasteiger partial charge in [-0.25, -0.2) is 8.78 Å². The molecule has 0 saturated carbocycles. The van der Waals surface area contributed by atoms with E-state index in [1.807, 2.05) is 0 Å². The van der Waals surface area contributed by atoms with E-state index in [9.17, 15) is 8.78 Å². The van der Waals surface area contributed by atoms with Gasteiger partial charge >= 0.3 is 0 Å². The van der Waals surface area contributed by atoms with Gasteiger partial charge in [0.2, 0.25) is 0 Å². The van der Waals surface area contributed by atoms with E-state index in [0.717, 1.165) is 12.8 Å². The van der Waals surface area contributed by atoms with E-state index in [1.54, 1.807) is 0 Å². The van der Waals surface area contributed by atoms with Crippen LogP contribution in [-0.4, -0.2) is 17.3 Å². The summed E-state index contributed by atoms with van der Waals surface area (Å²) < 4.78 is 39.9.